The Bertz CT molecular complexity index is 710. The van der Waals surface area contributed by atoms with Crippen LogP contribution in [0.2, 0.25) is 0 Å². The van der Waals surface area contributed by atoms with Gasteiger partial charge in [-0.05, 0) is 35.7 Å². The van der Waals surface area contributed by atoms with Crippen molar-refractivity contribution in [3.63, 3.8) is 0 Å². The van der Waals surface area contributed by atoms with E-state index in [2.05, 4.69) is 5.32 Å². The maximum atomic E-state index is 12.1. The van der Waals surface area contributed by atoms with Crippen LogP contribution in [0.5, 0.6) is 0 Å². The highest BCUT2D eigenvalue weighted by atomic mass is 16.4. The highest BCUT2D eigenvalue weighted by Gasteiger charge is 2.11. The number of aliphatic hydroxyl groups excluding tert-OH is 1. The number of amides is 1. The van der Waals surface area contributed by atoms with E-state index in [1.54, 1.807) is 43.3 Å². The van der Waals surface area contributed by atoms with Crippen LogP contribution in [0.25, 0.3) is 0 Å². The molecule has 0 radical (unpaired) electrons. The predicted molar refractivity (Wildman–Crippen MR) is 81.7 cm³/mol. The molecule has 2 aromatic carbocycles. The summed E-state index contributed by atoms with van der Waals surface area (Å²) in [5.41, 5.74) is 2.72. The lowest BCUT2D eigenvalue weighted by Crippen LogP contribution is -2.24. The van der Waals surface area contributed by atoms with Gasteiger partial charge in [0.2, 0.25) is 0 Å². The summed E-state index contributed by atoms with van der Waals surface area (Å²) < 4.78 is 0. The summed E-state index contributed by atoms with van der Waals surface area (Å²) in [6, 6.07) is 11.8. The molecule has 0 heterocycles. The fourth-order valence-electron chi connectivity index (χ4n) is 2.23. The van der Waals surface area contributed by atoms with E-state index in [1.807, 2.05) is 0 Å². The minimum absolute atomic E-state index is 0.198. The van der Waals surface area contributed by atoms with E-state index < -0.39 is 5.97 Å². The second-order valence-corrected chi connectivity index (χ2v) is 4.95. The van der Waals surface area contributed by atoms with Crippen LogP contribution < -0.4 is 5.32 Å². The first kappa shape index (κ1) is 15.7. The number of aromatic carboxylic acids is 1. The third kappa shape index (κ3) is 3.51. The SMILES string of the molecule is Cc1cc(CNC(=O)c2ccccc2CO)ccc1C(=O)O. The zero-order valence-electron chi connectivity index (χ0n) is 12.2. The van der Waals surface area contributed by atoms with Crippen molar-refractivity contribution in [2.24, 2.45) is 0 Å². The van der Waals surface area contributed by atoms with Crippen molar-refractivity contribution in [3.8, 4) is 0 Å². The average molecular weight is 299 g/mol. The molecule has 2 rings (SSSR count). The third-order valence-electron chi connectivity index (χ3n) is 3.41. The lowest BCUT2D eigenvalue weighted by molar-refractivity contribution is 0.0695. The van der Waals surface area contributed by atoms with Gasteiger partial charge < -0.3 is 15.5 Å². The third-order valence-corrected chi connectivity index (χ3v) is 3.41. The maximum absolute atomic E-state index is 12.1. The summed E-state index contributed by atoms with van der Waals surface area (Å²) in [6.45, 7) is 1.81. The predicted octanol–water partition coefficient (Wildman–Crippen LogP) is 2.12. The Kier molecular flexibility index (Phi) is 4.91. The number of aryl methyl sites for hydroxylation is 1. The van der Waals surface area contributed by atoms with Gasteiger partial charge in [0.25, 0.3) is 5.91 Å². The number of carbonyl (C=O) groups is 2. The minimum Gasteiger partial charge on any atom is -0.478 e. The number of carboxylic acids is 1. The Morgan fingerprint density at radius 3 is 2.45 bits per heavy atom. The van der Waals surface area contributed by atoms with Crippen molar-refractivity contribution >= 4 is 11.9 Å². The summed E-state index contributed by atoms with van der Waals surface area (Å²) in [6.07, 6.45) is 0. The van der Waals surface area contributed by atoms with Crippen LogP contribution in [0.4, 0.5) is 0 Å². The van der Waals surface area contributed by atoms with Crippen molar-refractivity contribution < 1.29 is 19.8 Å². The van der Waals surface area contributed by atoms with E-state index in [9.17, 15) is 14.7 Å². The van der Waals surface area contributed by atoms with Crippen molar-refractivity contribution in [3.05, 3.63) is 70.3 Å². The topological polar surface area (TPSA) is 86.6 Å². The van der Waals surface area contributed by atoms with Crippen LogP contribution in [-0.4, -0.2) is 22.1 Å². The summed E-state index contributed by atoms with van der Waals surface area (Å²) in [7, 11) is 0. The fourth-order valence-corrected chi connectivity index (χ4v) is 2.23. The molecule has 0 aliphatic heterocycles. The molecule has 1 amide bonds. The monoisotopic (exact) mass is 299 g/mol. The number of carboxylic acid groups (broad SMARTS) is 1. The molecular formula is C17H17NO4. The van der Waals surface area contributed by atoms with E-state index in [4.69, 9.17) is 5.11 Å². The molecular weight excluding hydrogens is 282 g/mol. The Balaban J connectivity index is 2.08. The number of rotatable bonds is 5. The number of carbonyl (C=O) groups excluding carboxylic acids is 1. The molecule has 0 aliphatic rings. The number of aliphatic hydroxyl groups is 1. The molecule has 0 atom stereocenters. The molecule has 0 fully saturated rings. The van der Waals surface area contributed by atoms with Gasteiger partial charge in [0.05, 0.1) is 12.2 Å². The first-order valence-corrected chi connectivity index (χ1v) is 6.82. The highest BCUT2D eigenvalue weighted by Crippen LogP contribution is 2.12. The zero-order chi connectivity index (χ0) is 16.1. The largest absolute Gasteiger partial charge is 0.478 e. The van der Waals surface area contributed by atoms with Gasteiger partial charge >= 0.3 is 5.97 Å². The van der Waals surface area contributed by atoms with Crippen LogP contribution in [0.1, 0.15) is 37.4 Å². The molecule has 0 unspecified atom stereocenters. The summed E-state index contributed by atoms with van der Waals surface area (Å²) in [5.74, 6) is -1.24. The Labute approximate surface area is 128 Å². The number of hydrogen-bond donors (Lipinski definition) is 3. The number of hydrogen-bond acceptors (Lipinski definition) is 3. The van der Waals surface area contributed by atoms with Crippen molar-refractivity contribution in [1.82, 2.24) is 5.32 Å². The number of nitrogens with one attached hydrogen (secondary N) is 1. The van der Waals surface area contributed by atoms with Gasteiger partial charge in [-0.2, -0.15) is 0 Å². The first-order chi connectivity index (χ1) is 10.5. The normalized spacial score (nSPS) is 10.3. The molecule has 0 aliphatic carbocycles. The Morgan fingerprint density at radius 1 is 1.09 bits per heavy atom. The molecule has 3 N–H and O–H groups in total. The van der Waals surface area contributed by atoms with E-state index in [1.165, 1.54) is 6.07 Å². The van der Waals surface area contributed by atoms with E-state index >= 15 is 0 Å². The maximum Gasteiger partial charge on any atom is 0.335 e. The fraction of sp³-hybridized carbons (Fsp3) is 0.176. The molecule has 22 heavy (non-hydrogen) atoms. The molecule has 0 saturated heterocycles. The molecule has 5 nitrogen and oxygen atoms in total. The summed E-state index contributed by atoms with van der Waals surface area (Å²) in [5, 5.41) is 21.0. The van der Waals surface area contributed by atoms with Crippen LogP contribution in [-0.2, 0) is 13.2 Å². The van der Waals surface area contributed by atoms with Crippen molar-refractivity contribution in [2.45, 2.75) is 20.1 Å². The molecule has 5 heteroatoms. The summed E-state index contributed by atoms with van der Waals surface area (Å²) in [4.78, 5) is 23.1. The second-order valence-electron chi connectivity index (χ2n) is 4.95. The Morgan fingerprint density at radius 2 is 1.82 bits per heavy atom. The van der Waals surface area contributed by atoms with Gasteiger partial charge in [-0.25, -0.2) is 4.79 Å². The molecule has 0 aromatic heterocycles. The molecule has 0 saturated carbocycles. The van der Waals surface area contributed by atoms with Crippen molar-refractivity contribution in [1.29, 1.82) is 0 Å². The lowest BCUT2D eigenvalue weighted by atomic mass is 10.0. The van der Waals surface area contributed by atoms with Gasteiger partial charge in [-0.3, -0.25) is 4.79 Å². The zero-order valence-corrected chi connectivity index (χ0v) is 12.2. The van der Waals surface area contributed by atoms with Crippen LogP contribution in [0.15, 0.2) is 42.5 Å². The second kappa shape index (κ2) is 6.87. The van der Waals surface area contributed by atoms with Crippen molar-refractivity contribution in [2.75, 3.05) is 0 Å². The van der Waals surface area contributed by atoms with E-state index in [0.717, 1.165) is 5.56 Å². The first-order valence-electron chi connectivity index (χ1n) is 6.82. The average Bonchev–Trinajstić information content (AvgIpc) is 2.52. The van der Waals surface area contributed by atoms with Gasteiger partial charge in [-0.1, -0.05) is 30.3 Å². The molecule has 2 aromatic rings. The minimum atomic E-state index is -0.968. The summed E-state index contributed by atoms with van der Waals surface area (Å²) >= 11 is 0. The lowest BCUT2D eigenvalue weighted by Gasteiger charge is -2.10. The molecule has 0 bridgehead atoms. The van der Waals surface area contributed by atoms with Crippen LogP contribution in [0, 0.1) is 6.92 Å². The van der Waals surface area contributed by atoms with Gasteiger partial charge in [-0.15, -0.1) is 0 Å². The standard InChI is InChI=1S/C17H17NO4/c1-11-8-12(6-7-14(11)17(21)22)9-18-16(20)15-5-3-2-4-13(15)10-19/h2-8,19H,9-10H2,1H3,(H,18,20)(H,21,22). The Hall–Kier alpha value is -2.66. The van der Waals surface area contributed by atoms with Gasteiger partial charge in [0, 0.05) is 12.1 Å². The van der Waals surface area contributed by atoms with E-state index in [0.29, 0.717) is 23.2 Å². The molecule has 114 valence electrons. The van der Waals surface area contributed by atoms with Crippen LogP contribution in [0.3, 0.4) is 0 Å². The smallest absolute Gasteiger partial charge is 0.335 e. The van der Waals surface area contributed by atoms with E-state index in [-0.39, 0.29) is 18.1 Å². The number of benzene rings is 2. The highest BCUT2D eigenvalue weighted by molar-refractivity contribution is 5.95. The molecule has 0 spiro atoms. The van der Waals surface area contributed by atoms with Gasteiger partial charge in [0.1, 0.15) is 0 Å². The van der Waals surface area contributed by atoms with Crippen LogP contribution >= 0.6 is 0 Å². The quantitative estimate of drug-likeness (QED) is 0.789. The van der Waals surface area contributed by atoms with Gasteiger partial charge in [0.15, 0.2) is 0 Å².